The minimum absolute atomic E-state index is 0.0589. The van der Waals surface area contributed by atoms with Gasteiger partial charge in [-0.15, -0.1) is 0 Å². The molecule has 1 aliphatic rings. The van der Waals surface area contributed by atoms with Gasteiger partial charge in [-0.05, 0) is 37.5 Å². The number of benzene rings is 1. The first-order chi connectivity index (χ1) is 8.69. The van der Waals surface area contributed by atoms with Gasteiger partial charge >= 0.3 is 0 Å². The summed E-state index contributed by atoms with van der Waals surface area (Å²) >= 11 is 3.47. The van der Waals surface area contributed by atoms with Crippen LogP contribution in [0.4, 0.5) is 0 Å². The Bertz CT molecular complexity index is 393. The van der Waals surface area contributed by atoms with Crippen molar-refractivity contribution in [2.24, 2.45) is 0 Å². The zero-order chi connectivity index (χ0) is 13.0. The van der Waals surface area contributed by atoms with E-state index in [-0.39, 0.29) is 6.10 Å². The van der Waals surface area contributed by atoms with E-state index >= 15 is 0 Å². The predicted octanol–water partition coefficient (Wildman–Crippen LogP) is 2.90. The maximum atomic E-state index is 6.03. The van der Waals surface area contributed by atoms with Crippen molar-refractivity contribution in [1.29, 1.82) is 0 Å². The van der Waals surface area contributed by atoms with Gasteiger partial charge in [0, 0.05) is 24.2 Å². The van der Waals surface area contributed by atoms with Crippen molar-refractivity contribution in [2.45, 2.75) is 31.9 Å². The zero-order valence-electron chi connectivity index (χ0n) is 10.9. The highest BCUT2D eigenvalue weighted by atomic mass is 79.9. The Kier molecular flexibility index (Phi) is 5.03. The van der Waals surface area contributed by atoms with Crippen molar-refractivity contribution in [3.63, 3.8) is 0 Å². The number of nitrogens with one attached hydrogen (secondary N) is 1. The van der Waals surface area contributed by atoms with E-state index in [1.807, 2.05) is 12.1 Å². The molecule has 0 radical (unpaired) electrons. The Morgan fingerprint density at radius 1 is 1.44 bits per heavy atom. The molecule has 3 nitrogen and oxygen atoms in total. The Balaban J connectivity index is 1.94. The van der Waals surface area contributed by atoms with Gasteiger partial charge in [0.1, 0.15) is 11.9 Å². The number of hydrogen-bond donors (Lipinski definition) is 1. The highest BCUT2D eigenvalue weighted by Crippen LogP contribution is 2.24. The van der Waals surface area contributed by atoms with Gasteiger partial charge in [0.05, 0.1) is 6.61 Å². The third kappa shape index (κ3) is 4.26. The number of methoxy groups -OCH3 is 1. The van der Waals surface area contributed by atoms with E-state index in [0.29, 0.717) is 12.6 Å². The van der Waals surface area contributed by atoms with Gasteiger partial charge < -0.3 is 14.8 Å². The molecule has 1 aromatic rings. The van der Waals surface area contributed by atoms with Crippen molar-refractivity contribution in [3.8, 4) is 5.75 Å². The molecule has 0 bridgehead atoms. The number of ether oxygens (including phenoxy) is 2. The van der Waals surface area contributed by atoms with Gasteiger partial charge in [-0.3, -0.25) is 0 Å². The summed E-state index contributed by atoms with van der Waals surface area (Å²) in [6.07, 6.45) is 2.63. The van der Waals surface area contributed by atoms with Crippen LogP contribution in [0.25, 0.3) is 0 Å². The monoisotopic (exact) mass is 313 g/mol. The molecule has 1 atom stereocenters. The first kappa shape index (κ1) is 13.8. The molecule has 0 heterocycles. The molecule has 18 heavy (non-hydrogen) atoms. The quantitative estimate of drug-likeness (QED) is 0.839. The Hall–Kier alpha value is -0.580. The second-order valence-corrected chi connectivity index (χ2v) is 5.70. The molecule has 1 unspecified atom stereocenters. The fourth-order valence-corrected chi connectivity index (χ4v) is 2.13. The van der Waals surface area contributed by atoms with E-state index in [9.17, 15) is 0 Å². The van der Waals surface area contributed by atoms with Crippen molar-refractivity contribution < 1.29 is 9.47 Å². The summed E-state index contributed by atoms with van der Waals surface area (Å²) in [6.45, 7) is 3.50. The summed E-state index contributed by atoms with van der Waals surface area (Å²) in [5.74, 6) is 0.920. The number of hydrogen-bond acceptors (Lipinski definition) is 3. The van der Waals surface area contributed by atoms with Gasteiger partial charge in [-0.25, -0.2) is 0 Å². The summed E-state index contributed by atoms with van der Waals surface area (Å²) in [4.78, 5) is 0. The normalized spacial score (nSPS) is 16.6. The molecule has 4 heteroatoms. The van der Waals surface area contributed by atoms with E-state index < -0.39 is 0 Å². The van der Waals surface area contributed by atoms with Crippen molar-refractivity contribution in [2.75, 3.05) is 20.3 Å². The molecule has 0 aliphatic heterocycles. The summed E-state index contributed by atoms with van der Waals surface area (Å²) in [7, 11) is 1.71. The topological polar surface area (TPSA) is 30.5 Å². The molecule has 0 amide bonds. The lowest BCUT2D eigenvalue weighted by molar-refractivity contribution is 0.0799. The van der Waals surface area contributed by atoms with Crippen LogP contribution in [-0.4, -0.2) is 32.4 Å². The highest BCUT2D eigenvalue weighted by Gasteiger charge is 2.22. The first-order valence-corrected chi connectivity index (χ1v) is 7.13. The second-order valence-electron chi connectivity index (χ2n) is 4.79. The summed E-state index contributed by atoms with van der Waals surface area (Å²) in [5, 5.41) is 3.48. The molecule has 1 aromatic carbocycles. The molecule has 0 spiro atoms. The van der Waals surface area contributed by atoms with E-state index in [2.05, 4.69) is 34.2 Å². The average Bonchev–Trinajstić information content (AvgIpc) is 3.15. The van der Waals surface area contributed by atoms with Gasteiger partial charge in [0.25, 0.3) is 0 Å². The summed E-state index contributed by atoms with van der Waals surface area (Å²) < 4.78 is 12.3. The predicted molar refractivity (Wildman–Crippen MR) is 76.2 cm³/mol. The van der Waals surface area contributed by atoms with E-state index in [4.69, 9.17) is 9.47 Å². The average molecular weight is 314 g/mol. The van der Waals surface area contributed by atoms with Crippen LogP contribution in [0.2, 0.25) is 0 Å². The summed E-state index contributed by atoms with van der Waals surface area (Å²) in [5.41, 5.74) is 1.14. The van der Waals surface area contributed by atoms with Crippen LogP contribution in [0, 0.1) is 6.92 Å². The van der Waals surface area contributed by atoms with Crippen molar-refractivity contribution >= 4 is 15.9 Å². The van der Waals surface area contributed by atoms with E-state index in [1.54, 1.807) is 7.11 Å². The van der Waals surface area contributed by atoms with Crippen LogP contribution in [0.15, 0.2) is 22.7 Å². The van der Waals surface area contributed by atoms with Crippen molar-refractivity contribution in [3.05, 3.63) is 28.2 Å². The largest absolute Gasteiger partial charge is 0.486 e. The molecule has 1 aliphatic carbocycles. The Morgan fingerprint density at radius 2 is 2.22 bits per heavy atom. The number of rotatable bonds is 7. The second kappa shape index (κ2) is 6.55. The molecule has 2 rings (SSSR count). The highest BCUT2D eigenvalue weighted by molar-refractivity contribution is 9.10. The Morgan fingerprint density at radius 3 is 2.89 bits per heavy atom. The van der Waals surface area contributed by atoms with Crippen LogP contribution >= 0.6 is 15.9 Å². The van der Waals surface area contributed by atoms with Gasteiger partial charge in [-0.2, -0.15) is 0 Å². The molecular weight excluding hydrogens is 294 g/mol. The lowest BCUT2D eigenvalue weighted by Crippen LogP contribution is -2.36. The zero-order valence-corrected chi connectivity index (χ0v) is 12.5. The van der Waals surface area contributed by atoms with Crippen LogP contribution in [-0.2, 0) is 4.74 Å². The third-order valence-corrected chi connectivity index (χ3v) is 3.50. The van der Waals surface area contributed by atoms with E-state index in [1.165, 1.54) is 12.8 Å². The lowest BCUT2D eigenvalue weighted by atomic mass is 10.2. The smallest absolute Gasteiger partial charge is 0.134 e. The van der Waals surface area contributed by atoms with Crippen LogP contribution in [0.3, 0.4) is 0 Å². The fourth-order valence-electron chi connectivity index (χ4n) is 1.79. The standard InChI is InChI=1S/C14H20BrNO2/c1-10-3-4-11(15)7-14(10)18-13(9-17-2)8-16-12-5-6-12/h3-4,7,12-13,16H,5-6,8-9H2,1-2H3. The first-order valence-electron chi connectivity index (χ1n) is 6.34. The van der Waals surface area contributed by atoms with Gasteiger partial charge in [0.2, 0.25) is 0 Å². The Labute approximate surface area is 117 Å². The van der Waals surface area contributed by atoms with Gasteiger partial charge in [-0.1, -0.05) is 22.0 Å². The molecule has 1 saturated carbocycles. The molecule has 1 N–H and O–H groups in total. The lowest BCUT2D eigenvalue weighted by Gasteiger charge is -2.20. The SMILES string of the molecule is COCC(CNC1CC1)Oc1cc(Br)ccc1C. The number of aryl methyl sites for hydroxylation is 1. The minimum Gasteiger partial charge on any atom is -0.486 e. The van der Waals surface area contributed by atoms with Crippen molar-refractivity contribution in [1.82, 2.24) is 5.32 Å². The van der Waals surface area contributed by atoms with Crippen LogP contribution < -0.4 is 10.1 Å². The number of halogens is 1. The van der Waals surface area contributed by atoms with Gasteiger partial charge in [0.15, 0.2) is 0 Å². The molecule has 0 aromatic heterocycles. The van der Waals surface area contributed by atoms with Crippen LogP contribution in [0.5, 0.6) is 5.75 Å². The molecular formula is C14H20BrNO2. The molecule has 100 valence electrons. The molecule has 0 saturated heterocycles. The maximum absolute atomic E-state index is 6.03. The minimum atomic E-state index is 0.0589. The summed E-state index contributed by atoms with van der Waals surface area (Å²) in [6, 6.07) is 6.78. The van der Waals surface area contributed by atoms with E-state index in [0.717, 1.165) is 22.3 Å². The molecule has 1 fully saturated rings. The fraction of sp³-hybridized carbons (Fsp3) is 0.571. The third-order valence-electron chi connectivity index (χ3n) is 3.01. The van der Waals surface area contributed by atoms with Crippen LogP contribution in [0.1, 0.15) is 18.4 Å². The maximum Gasteiger partial charge on any atom is 0.134 e.